The van der Waals surface area contributed by atoms with Crippen LogP contribution in [0.25, 0.3) is 6.20 Å². The van der Waals surface area contributed by atoms with Crippen LogP contribution in [0.1, 0.15) is 72.2 Å². The highest BCUT2D eigenvalue weighted by Crippen LogP contribution is 2.25. The van der Waals surface area contributed by atoms with Crippen molar-refractivity contribution in [2.75, 3.05) is 13.1 Å². The fraction of sp³-hybridized carbons (Fsp3) is 0.423. The van der Waals surface area contributed by atoms with Gasteiger partial charge in [0.2, 0.25) is 5.91 Å². The fourth-order valence-corrected chi connectivity index (χ4v) is 4.70. The summed E-state index contributed by atoms with van der Waals surface area (Å²) in [6.07, 6.45) is 8.08. The van der Waals surface area contributed by atoms with Crippen molar-refractivity contribution in [3.8, 4) is 0 Å². The van der Waals surface area contributed by atoms with Crippen molar-refractivity contribution in [2.24, 2.45) is 5.92 Å². The zero-order valence-electron chi connectivity index (χ0n) is 18.6. The molecule has 1 amide bonds. The minimum absolute atomic E-state index is 0.0117. The van der Waals surface area contributed by atoms with Crippen molar-refractivity contribution in [1.29, 1.82) is 0 Å². The van der Waals surface area contributed by atoms with Gasteiger partial charge < -0.3 is 9.47 Å². The molecule has 0 radical (unpaired) electrons. The van der Waals surface area contributed by atoms with Gasteiger partial charge in [0.1, 0.15) is 11.6 Å². The van der Waals surface area contributed by atoms with Gasteiger partial charge in [-0.25, -0.2) is 8.78 Å². The normalized spacial score (nSPS) is 17.2. The van der Waals surface area contributed by atoms with Crippen LogP contribution in [-0.2, 0) is 4.79 Å². The number of halogens is 2. The van der Waals surface area contributed by atoms with Gasteiger partial charge in [-0.1, -0.05) is 5.57 Å². The maximum Gasteiger partial charge on any atom is 0.222 e. The van der Waals surface area contributed by atoms with E-state index in [-0.39, 0.29) is 29.2 Å². The Morgan fingerprint density at radius 1 is 1.00 bits per heavy atom. The van der Waals surface area contributed by atoms with E-state index in [1.807, 2.05) is 11.1 Å². The van der Waals surface area contributed by atoms with E-state index in [1.54, 1.807) is 4.57 Å². The van der Waals surface area contributed by atoms with E-state index >= 15 is 0 Å². The third-order valence-electron chi connectivity index (χ3n) is 6.56. The van der Waals surface area contributed by atoms with Gasteiger partial charge in [0, 0.05) is 55.9 Å². The number of fused-ring (bicyclic) bond motifs is 1. The first-order valence-corrected chi connectivity index (χ1v) is 11.6. The van der Waals surface area contributed by atoms with Crippen LogP contribution in [0.3, 0.4) is 0 Å². The van der Waals surface area contributed by atoms with Gasteiger partial charge in [-0.3, -0.25) is 14.4 Å². The predicted octanol–water partition coefficient (Wildman–Crippen LogP) is 5.27. The van der Waals surface area contributed by atoms with Gasteiger partial charge in [-0.2, -0.15) is 0 Å². The van der Waals surface area contributed by atoms with Crippen molar-refractivity contribution >= 4 is 23.7 Å². The van der Waals surface area contributed by atoms with E-state index in [2.05, 4.69) is 0 Å². The molecule has 3 heterocycles. The van der Waals surface area contributed by atoms with Crippen LogP contribution < -0.4 is 0 Å². The summed E-state index contributed by atoms with van der Waals surface area (Å²) in [6.45, 7) is 1.10. The average molecular weight is 455 g/mol. The van der Waals surface area contributed by atoms with Crippen LogP contribution in [0.2, 0.25) is 0 Å². The summed E-state index contributed by atoms with van der Waals surface area (Å²) in [4.78, 5) is 39.2. The third-order valence-corrected chi connectivity index (χ3v) is 6.56. The van der Waals surface area contributed by atoms with Crippen LogP contribution in [0.4, 0.5) is 8.78 Å². The zero-order chi connectivity index (χ0) is 23.4. The summed E-state index contributed by atoms with van der Waals surface area (Å²) in [5.74, 6) is -0.886. The van der Waals surface area contributed by atoms with Crippen molar-refractivity contribution in [1.82, 2.24) is 9.47 Å². The number of ketones is 2. The number of aromatic nitrogens is 1. The molecule has 0 aliphatic carbocycles. The number of hydrogen-bond donors (Lipinski definition) is 0. The number of rotatable bonds is 6. The third kappa shape index (κ3) is 5.64. The number of carbonyl (C=O) groups excluding carboxylic acids is 3. The summed E-state index contributed by atoms with van der Waals surface area (Å²) in [5, 5.41) is 0. The van der Waals surface area contributed by atoms with Gasteiger partial charge in [0.05, 0.1) is 5.69 Å². The molecule has 1 fully saturated rings. The lowest BCUT2D eigenvalue weighted by Gasteiger charge is -2.31. The summed E-state index contributed by atoms with van der Waals surface area (Å²) >= 11 is 0. The molecule has 0 N–H and O–H groups in total. The van der Waals surface area contributed by atoms with E-state index in [1.165, 1.54) is 36.5 Å². The molecule has 2 aliphatic heterocycles. The molecule has 33 heavy (non-hydrogen) atoms. The van der Waals surface area contributed by atoms with Gasteiger partial charge in [0.15, 0.2) is 11.6 Å². The lowest BCUT2D eigenvalue weighted by Crippen LogP contribution is -2.40. The fourth-order valence-electron chi connectivity index (χ4n) is 4.70. The molecular weight excluding hydrogens is 426 g/mol. The molecule has 5 nitrogen and oxygen atoms in total. The molecule has 0 saturated carbocycles. The molecule has 1 saturated heterocycles. The first-order chi connectivity index (χ1) is 15.9. The van der Waals surface area contributed by atoms with E-state index in [4.69, 9.17) is 0 Å². The quantitative estimate of drug-likeness (QED) is 0.559. The number of hydrogen-bond acceptors (Lipinski definition) is 3. The molecule has 0 spiro atoms. The van der Waals surface area contributed by atoms with Crippen molar-refractivity contribution < 1.29 is 23.2 Å². The Morgan fingerprint density at radius 3 is 2.45 bits per heavy atom. The molecular formula is C26H28F2N2O3. The molecule has 1 aromatic heterocycles. The molecule has 7 heteroatoms. The Hall–Kier alpha value is -3.09. The molecule has 4 rings (SSSR count). The number of piperidine rings is 1. The van der Waals surface area contributed by atoms with E-state index in [0.717, 1.165) is 24.8 Å². The van der Waals surface area contributed by atoms with Crippen molar-refractivity contribution in [3.05, 3.63) is 65.0 Å². The summed E-state index contributed by atoms with van der Waals surface area (Å²) in [6, 6.07) is 6.89. The molecule has 174 valence electrons. The molecule has 2 aliphatic rings. The summed E-state index contributed by atoms with van der Waals surface area (Å²) < 4.78 is 28.3. The standard InChI is InChI=1S/C26H28F2N2O3/c27-21-9-7-19(8-10-21)26(33)20-11-13-29(14-12-20)25(32)6-2-4-18-3-1-5-24(31)23-15-22(28)17-30(23)16-18/h7-10,15-17,20H,1-6,11-14H2. The maximum absolute atomic E-state index is 13.6. The smallest absolute Gasteiger partial charge is 0.222 e. The number of benzene rings is 1. The number of amides is 1. The monoisotopic (exact) mass is 454 g/mol. The average Bonchev–Trinajstić information content (AvgIpc) is 3.17. The lowest BCUT2D eigenvalue weighted by atomic mass is 9.88. The van der Waals surface area contributed by atoms with E-state index < -0.39 is 5.82 Å². The second kappa shape index (κ2) is 10.2. The van der Waals surface area contributed by atoms with Crippen LogP contribution >= 0.6 is 0 Å². The van der Waals surface area contributed by atoms with Crippen molar-refractivity contribution in [2.45, 2.75) is 51.4 Å². The van der Waals surface area contributed by atoms with Crippen LogP contribution in [0.5, 0.6) is 0 Å². The minimum atomic E-state index is -0.424. The minimum Gasteiger partial charge on any atom is -0.343 e. The Morgan fingerprint density at radius 2 is 1.73 bits per heavy atom. The highest BCUT2D eigenvalue weighted by molar-refractivity contribution is 5.98. The number of carbonyl (C=O) groups is 3. The number of Topliss-reactive ketones (excluding diaryl/α,β-unsaturated/α-hetero) is 2. The van der Waals surface area contributed by atoms with Gasteiger partial charge in [-0.15, -0.1) is 0 Å². The van der Waals surface area contributed by atoms with Crippen LogP contribution in [-0.4, -0.2) is 40.0 Å². The van der Waals surface area contributed by atoms with E-state index in [9.17, 15) is 23.2 Å². The number of nitrogens with zero attached hydrogens (tertiary/aromatic N) is 2. The Kier molecular flexibility index (Phi) is 7.16. The molecule has 1 aromatic carbocycles. The summed E-state index contributed by atoms with van der Waals surface area (Å²) in [5.41, 5.74) is 2.00. The lowest BCUT2D eigenvalue weighted by molar-refractivity contribution is -0.132. The summed E-state index contributed by atoms with van der Waals surface area (Å²) in [7, 11) is 0. The molecule has 0 unspecified atom stereocenters. The zero-order valence-corrected chi connectivity index (χ0v) is 18.6. The largest absolute Gasteiger partial charge is 0.343 e. The van der Waals surface area contributed by atoms with Gasteiger partial charge in [-0.05, 0) is 62.8 Å². The number of likely N-dealkylation sites (tertiary alicyclic amines) is 1. The van der Waals surface area contributed by atoms with E-state index in [0.29, 0.717) is 56.5 Å². The Bertz CT molecular complexity index is 1060. The maximum atomic E-state index is 13.6. The Labute approximate surface area is 192 Å². The predicted molar refractivity (Wildman–Crippen MR) is 121 cm³/mol. The Balaban J connectivity index is 1.26. The SMILES string of the molecule is O=C1CCCC(CCCC(=O)N2CCC(C(=O)c3ccc(F)cc3)CC2)=Cn2cc(F)cc21. The van der Waals surface area contributed by atoms with Crippen LogP contribution in [0.15, 0.2) is 42.1 Å². The van der Waals surface area contributed by atoms with Gasteiger partial charge in [0.25, 0.3) is 0 Å². The topological polar surface area (TPSA) is 59.4 Å². The number of allylic oxidation sites excluding steroid dienone is 1. The van der Waals surface area contributed by atoms with Crippen molar-refractivity contribution in [3.63, 3.8) is 0 Å². The van der Waals surface area contributed by atoms with Gasteiger partial charge >= 0.3 is 0 Å². The molecule has 0 atom stereocenters. The first-order valence-electron chi connectivity index (χ1n) is 11.6. The first kappa shape index (κ1) is 23.1. The molecule has 2 aromatic rings. The van der Waals surface area contributed by atoms with Crippen LogP contribution in [0, 0.1) is 17.6 Å². The second-order valence-corrected chi connectivity index (χ2v) is 8.89. The second-order valence-electron chi connectivity index (χ2n) is 8.89. The highest BCUT2D eigenvalue weighted by atomic mass is 19.1. The highest BCUT2D eigenvalue weighted by Gasteiger charge is 2.27. The molecule has 0 bridgehead atoms.